The van der Waals surface area contributed by atoms with E-state index in [1.165, 1.54) is 14.2 Å². The number of hydrogen-bond acceptors (Lipinski definition) is 6. The van der Waals surface area contributed by atoms with Crippen molar-refractivity contribution in [1.29, 1.82) is 0 Å². The van der Waals surface area contributed by atoms with Crippen LogP contribution in [0.3, 0.4) is 0 Å². The Morgan fingerprint density at radius 1 is 1.50 bits per heavy atom. The fraction of sp³-hybridized carbons (Fsp3) is 0.857. The van der Waals surface area contributed by atoms with Crippen molar-refractivity contribution in [2.45, 2.75) is 12.8 Å². The van der Waals surface area contributed by atoms with Gasteiger partial charge in [0.1, 0.15) is 6.54 Å². The highest BCUT2D eigenvalue weighted by atomic mass is 16.7. The zero-order valence-corrected chi connectivity index (χ0v) is 8.39. The molecule has 0 saturated carbocycles. The highest BCUT2D eigenvalue weighted by Gasteiger charge is 2.46. The molecule has 1 rings (SSSR count). The van der Waals surface area contributed by atoms with Gasteiger partial charge in [-0.3, -0.25) is 0 Å². The molecule has 0 bridgehead atoms. The maximum Gasteiger partial charge on any atom is 0.436 e. The second-order valence-electron chi connectivity index (χ2n) is 2.52. The average Bonchev–Trinajstić information content (AvgIpc) is 2.62. The van der Waals surface area contributed by atoms with Crippen LogP contribution in [0, 0.1) is 0 Å². The number of rotatable bonds is 3. The number of carbonyl (C=O) groups is 1. The molecule has 7 heteroatoms. The Bertz CT molecular complexity index is 239. The van der Waals surface area contributed by atoms with E-state index in [4.69, 9.17) is 14.2 Å². The normalized spacial score (nSPS) is 18.6. The molecule has 1 aliphatic rings. The summed E-state index contributed by atoms with van der Waals surface area (Å²) in [5.74, 6) is -1.26. The van der Waals surface area contributed by atoms with Crippen LogP contribution in [0.15, 0.2) is 10.3 Å². The van der Waals surface area contributed by atoms with Gasteiger partial charge in [-0.1, -0.05) is 5.22 Å². The van der Waals surface area contributed by atoms with Crippen molar-refractivity contribution < 1.29 is 19.0 Å². The first-order valence-corrected chi connectivity index (χ1v) is 4.15. The van der Waals surface area contributed by atoms with Crippen LogP contribution in [-0.2, 0) is 14.2 Å². The molecule has 0 aromatic carbocycles. The Kier molecular flexibility index (Phi) is 3.37. The first kappa shape index (κ1) is 10.9. The van der Waals surface area contributed by atoms with Gasteiger partial charge in [0, 0.05) is 14.2 Å². The third-order valence-electron chi connectivity index (χ3n) is 1.82. The monoisotopic (exact) mass is 203 g/mol. The molecule has 0 radical (unpaired) electrons. The summed E-state index contributed by atoms with van der Waals surface area (Å²) in [6, 6.07) is 0. The van der Waals surface area contributed by atoms with Gasteiger partial charge >= 0.3 is 12.0 Å². The van der Waals surface area contributed by atoms with Crippen LogP contribution in [0.4, 0.5) is 4.79 Å². The van der Waals surface area contributed by atoms with Gasteiger partial charge in [0.25, 0.3) is 0 Å². The molecule has 7 nitrogen and oxygen atoms in total. The van der Waals surface area contributed by atoms with Crippen molar-refractivity contribution in [3.63, 3.8) is 0 Å². The molecule has 0 unspecified atom stereocenters. The molecule has 0 saturated heterocycles. The summed E-state index contributed by atoms with van der Waals surface area (Å²) in [7, 11) is 2.82. The van der Waals surface area contributed by atoms with Crippen molar-refractivity contribution in [3.05, 3.63) is 0 Å². The molecule has 0 fully saturated rings. The van der Waals surface area contributed by atoms with Crippen LogP contribution in [0.5, 0.6) is 0 Å². The van der Waals surface area contributed by atoms with Gasteiger partial charge in [-0.25, -0.2) is 4.79 Å². The van der Waals surface area contributed by atoms with Crippen LogP contribution in [-0.4, -0.2) is 44.4 Å². The Morgan fingerprint density at radius 2 is 2.14 bits per heavy atom. The van der Waals surface area contributed by atoms with E-state index in [1.807, 2.05) is 0 Å². The summed E-state index contributed by atoms with van der Waals surface area (Å²) in [5.41, 5.74) is 0. The summed E-state index contributed by atoms with van der Waals surface area (Å²) in [4.78, 5) is 11.4. The van der Waals surface area contributed by atoms with E-state index in [1.54, 1.807) is 6.92 Å². The number of ether oxygens (including phenoxy) is 3. The van der Waals surface area contributed by atoms with Gasteiger partial charge in [-0.05, 0) is 6.92 Å². The third kappa shape index (κ3) is 1.68. The maximum absolute atomic E-state index is 11.4. The predicted molar refractivity (Wildman–Crippen MR) is 45.3 cm³/mol. The number of carbonyl (C=O) groups excluding carboxylic acids is 1. The Labute approximate surface area is 81.6 Å². The van der Waals surface area contributed by atoms with E-state index in [0.29, 0.717) is 0 Å². The summed E-state index contributed by atoms with van der Waals surface area (Å²) >= 11 is 0. The SMILES string of the molecule is CCOC(=O)N1N=NCC1(OC)OC. The molecular formula is C7H13N3O4. The number of amides is 1. The van der Waals surface area contributed by atoms with Crippen LogP contribution in [0.1, 0.15) is 6.92 Å². The molecule has 0 N–H and O–H groups in total. The molecule has 0 aromatic rings. The Morgan fingerprint density at radius 3 is 2.64 bits per heavy atom. The van der Waals surface area contributed by atoms with Crippen molar-refractivity contribution in [1.82, 2.24) is 5.01 Å². The van der Waals surface area contributed by atoms with E-state index in [0.717, 1.165) is 5.01 Å². The molecule has 80 valence electrons. The second kappa shape index (κ2) is 4.34. The quantitative estimate of drug-likeness (QED) is 0.635. The van der Waals surface area contributed by atoms with Crippen LogP contribution in [0.25, 0.3) is 0 Å². The van der Waals surface area contributed by atoms with E-state index in [9.17, 15) is 4.79 Å². The lowest BCUT2D eigenvalue weighted by atomic mass is 10.4. The van der Waals surface area contributed by atoms with Gasteiger partial charge in [-0.15, -0.1) is 5.01 Å². The van der Waals surface area contributed by atoms with E-state index in [2.05, 4.69) is 10.3 Å². The molecule has 0 spiro atoms. The first-order valence-electron chi connectivity index (χ1n) is 4.15. The molecule has 1 heterocycles. The van der Waals surface area contributed by atoms with Gasteiger partial charge in [0.05, 0.1) is 6.61 Å². The summed E-state index contributed by atoms with van der Waals surface area (Å²) in [6.45, 7) is 2.10. The zero-order valence-electron chi connectivity index (χ0n) is 8.39. The fourth-order valence-electron chi connectivity index (χ4n) is 1.06. The first-order chi connectivity index (χ1) is 6.70. The topological polar surface area (TPSA) is 72.7 Å². The minimum Gasteiger partial charge on any atom is -0.448 e. The number of methoxy groups -OCH3 is 2. The lowest BCUT2D eigenvalue weighted by Gasteiger charge is -2.29. The molecular weight excluding hydrogens is 190 g/mol. The van der Waals surface area contributed by atoms with Gasteiger partial charge in [0.2, 0.25) is 0 Å². The van der Waals surface area contributed by atoms with Crippen molar-refractivity contribution >= 4 is 6.09 Å². The largest absolute Gasteiger partial charge is 0.448 e. The minimum atomic E-state index is -1.26. The minimum absolute atomic E-state index is 0.138. The smallest absolute Gasteiger partial charge is 0.436 e. The van der Waals surface area contributed by atoms with E-state index >= 15 is 0 Å². The zero-order chi connectivity index (χ0) is 10.6. The summed E-state index contributed by atoms with van der Waals surface area (Å²) in [6.07, 6.45) is -0.641. The lowest BCUT2D eigenvalue weighted by molar-refractivity contribution is -0.264. The van der Waals surface area contributed by atoms with Crippen LogP contribution in [0.2, 0.25) is 0 Å². The fourth-order valence-corrected chi connectivity index (χ4v) is 1.06. The second-order valence-corrected chi connectivity index (χ2v) is 2.52. The number of hydrogen-bond donors (Lipinski definition) is 0. The standard InChI is InChI=1S/C7H13N3O4/c1-4-14-6(11)10-7(12-2,13-3)5-8-9-10/h4-5H2,1-3H3. The molecule has 0 atom stereocenters. The Balaban J connectivity index is 2.75. The Hall–Kier alpha value is -1.21. The highest BCUT2D eigenvalue weighted by Crippen LogP contribution is 2.25. The van der Waals surface area contributed by atoms with Crippen LogP contribution >= 0.6 is 0 Å². The highest BCUT2D eigenvalue weighted by molar-refractivity contribution is 5.67. The molecule has 0 aromatic heterocycles. The lowest BCUT2D eigenvalue weighted by Crippen LogP contribution is -2.51. The van der Waals surface area contributed by atoms with Gasteiger partial charge < -0.3 is 14.2 Å². The molecule has 1 amide bonds. The van der Waals surface area contributed by atoms with Crippen molar-refractivity contribution in [3.8, 4) is 0 Å². The van der Waals surface area contributed by atoms with Gasteiger partial charge in [0.15, 0.2) is 0 Å². The van der Waals surface area contributed by atoms with Crippen molar-refractivity contribution in [2.75, 3.05) is 27.4 Å². The maximum atomic E-state index is 11.4. The van der Waals surface area contributed by atoms with E-state index in [-0.39, 0.29) is 13.2 Å². The molecule has 1 aliphatic heterocycles. The molecule has 0 aliphatic carbocycles. The third-order valence-corrected chi connectivity index (χ3v) is 1.82. The predicted octanol–water partition coefficient (Wildman–Crippen LogP) is 0.772. The van der Waals surface area contributed by atoms with Crippen LogP contribution < -0.4 is 0 Å². The summed E-state index contributed by atoms with van der Waals surface area (Å²) < 4.78 is 14.8. The number of nitrogens with zero attached hydrogens (tertiary/aromatic N) is 3. The summed E-state index contributed by atoms with van der Waals surface area (Å²) in [5, 5.41) is 8.19. The average molecular weight is 203 g/mol. The van der Waals surface area contributed by atoms with Gasteiger partial charge in [-0.2, -0.15) is 5.11 Å². The van der Waals surface area contributed by atoms with Crippen molar-refractivity contribution in [2.24, 2.45) is 10.3 Å². The van der Waals surface area contributed by atoms with E-state index < -0.39 is 12.0 Å². The molecule has 14 heavy (non-hydrogen) atoms.